The highest BCUT2D eigenvalue weighted by atomic mass is 16.3. The monoisotopic (exact) mass is 193 g/mol. The maximum absolute atomic E-state index is 10.8. The normalized spacial score (nSPS) is 12.2. The molecule has 3 heteroatoms. The molecule has 0 radical (unpaired) electrons. The molecule has 1 atom stereocenters. The van der Waals surface area contributed by atoms with Gasteiger partial charge in [0, 0.05) is 17.8 Å². The van der Waals surface area contributed by atoms with Gasteiger partial charge >= 0.3 is 0 Å². The Morgan fingerprint density at radius 1 is 1.50 bits per heavy atom. The number of rotatable bonds is 4. The largest absolute Gasteiger partial charge is 0.374 e. The van der Waals surface area contributed by atoms with E-state index in [1.165, 1.54) is 0 Å². The van der Waals surface area contributed by atoms with Crippen molar-refractivity contribution in [1.82, 2.24) is 0 Å². The van der Waals surface area contributed by atoms with Gasteiger partial charge in [0.15, 0.2) is 6.29 Å². The summed E-state index contributed by atoms with van der Waals surface area (Å²) >= 11 is 0. The van der Waals surface area contributed by atoms with Crippen LogP contribution in [0.15, 0.2) is 24.3 Å². The number of carbonyl (C=O) groups is 1. The molecule has 0 aliphatic heterocycles. The maximum atomic E-state index is 10.8. The molecule has 0 heterocycles. The predicted molar refractivity (Wildman–Crippen MR) is 56.5 cm³/mol. The molecule has 0 amide bonds. The Balaban J connectivity index is 3.08. The molecule has 0 aliphatic carbocycles. The van der Waals surface area contributed by atoms with Crippen LogP contribution in [0.5, 0.6) is 0 Å². The topological polar surface area (TPSA) is 40.5 Å². The molecule has 3 nitrogen and oxygen atoms in total. The highest BCUT2D eigenvalue weighted by Crippen LogP contribution is 2.19. The molecule has 14 heavy (non-hydrogen) atoms. The predicted octanol–water partition coefficient (Wildman–Crippen LogP) is 1.66. The fourth-order valence-electron chi connectivity index (χ4n) is 1.48. The van der Waals surface area contributed by atoms with Crippen LogP contribution >= 0.6 is 0 Å². The van der Waals surface area contributed by atoms with E-state index in [-0.39, 0.29) is 0 Å². The number of anilines is 1. The fourth-order valence-corrected chi connectivity index (χ4v) is 1.48. The summed E-state index contributed by atoms with van der Waals surface area (Å²) in [5, 5.41) is 9.50. The first-order chi connectivity index (χ1) is 6.70. The van der Waals surface area contributed by atoms with Crippen molar-refractivity contribution in [2.75, 3.05) is 11.4 Å². The van der Waals surface area contributed by atoms with E-state index in [2.05, 4.69) is 0 Å². The third kappa shape index (κ3) is 2.12. The van der Waals surface area contributed by atoms with E-state index in [1.54, 1.807) is 17.9 Å². The average molecular weight is 193 g/mol. The molecule has 0 aliphatic rings. The Morgan fingerprint density at radius 3 is 2.64 bits per heavy atom. The SMILES string of the molecule is CCN(c1ccccc1C=O)C(C)O. The van der Waals surface area contributed by atoms with Gasteiger partial charge < -0.3 is 10.0 Å². The molecule has 1 aromatic rings. The van der Waals surface area contributed by atoms with Gasteiger partial charge in [-0.1, -0.05) is 12.1 Å². The molecule has 1 aromatic carbocycles. The van der Waals surface area contributed by atoms with Crippen LogP contribution in [0.2, 0.25) is 0 Å². The van der Waals surface area contributed by atoms with E-state index in [1.807, 2.05) is 25.1 Å². The summed E-state index contributed by atoms with van der Waals surface area (Å²) in [6, 6.07) is 7.24. The number of benzene rings is 1. The van der Waals surface area contributed by atoms with Crippen molar-refractivity contribution in [3.05, 3.63) is 29.8 Å². The highest BCUT2D eigenvalue weighted by Gasteiger charge is 2.12. The number of hydrogen-bond donors (Lipinski definition) is 1. The molecule has 1 rings (SSSR count). The Bertz CT molecular complexity index is 310. The minimum atomic E-state index is -0.582. The molecule has 0 saturated carbocycles. The third-order valence-electron chi connectivity index (χ3n) is 2.16. The van der Waals surface area contributed by atoms with Gasteiger partial charge in [0.05, 0.1) is 0 Å². The zero-order valence-corrected chi connectivity index (χ0v) is 8.47. The molecular formula is C11H15NO2. The van der Waals surface area contributed by atoms with Crippen LogP contribution in [0.25, 0.3) is 0 Å². The van der Waals surface area contributed by atoms with E-state index >= 15 is 0 Å². The molecule has 1 N–H and O–H groups in total. The second-order valence-corrected chi connectivity index (χ2v) is 3.09. The molecular weight excluding hydrogens is 178 g/mol. The summed E-state index contributed by atoms with van der Waals surface area (Å²) in [6.45, 7) is 4.29. The lowest BCUT2D eigenvalue weighted by Crippen LogP contribution is -2.33. The van der Waals surface area contributed by atoms with Crippen LogP contribution in [0.3, 0.4) is 0 Å². The summed E-state index contributed by atoms with van der Waals surface area (Å²) in [5.74, 6) is 0. The van der Waals surface area contributed by atoms with Gasteiger partial charge in [0.2, 0.25) is 0 Å². The first kappa shape index (κ1) is 10.7. The van der Waals surface area contributed by atoms with Crippen LogP contribution in [0, 0.1) is 0 Å². The minimum absolute atomic E-state index is 0.582. The van der Waals surface area contributed by atoms with Crippen molar-refractivity contribution in [2.45, 2.75) is 20.1 Å². The number of nitrogens with zero attached hydrogens (tertiary/aromatic N) is 1. The van der Waals surface area contributed by atoms with Crippen LogP contribution < -0.4 is 4.90 Å². The van der Waals surface area contributed by atoms with Crippen LogP contribution in [0.1, 0.15) is 24.2 Å². The summed E-state index contributed by atoms with van der Waals surface area (Å²) in [6.07, 6.45) is 0.224. The first-order valence-electron chi connectivity index (χ1n) is 4.69. The van der Waals surface area contributed by atoms with Crippen molar-refractivity contribution in [3.63, 3.8) is 0 Å². The van der Waals surface area contributed by atoms with E-state index in [0.717, 1.165) is 12.0 Å². The lowest BCUT2D eigenvalue weighted by atomic mass is 10.1. The highest BCUT2D eigenvalue weighted by molar-refractivity contribution is 5.84. The molecule has 0 saturated heterocycles. The van der Waals surface area contributed by atoms with Crippen molar-refractivity contribution in [2.24, 2.45) is 0 Å². The van der Waals surface area contributed by atoms with Gasteiger partial charge in [-0.15, -0.1) is 0 Å². The number of aldehydes is 1. The standard InChI is InChI=1S/C11H15NO2/c1-3-12(9(2)14)11-7-5-4-6-10(11)8-13/h4-9,14H,3H2,1-2H3. The van der Waals surface area contributed by atoms with Crippen LogP contribution in [0.4, 0.5) is 5.69 Å². The van der Waals surface area contributed by atoms with Crippen molar-refractivity contribution < 1.29 is 9.90 Å². The maximum Gasteiger partial charge on any atom is 0.152 e. The summed E-state index contributed by atoms with van der Waals surface area (Å²) in [7, 11) is 0. The molecule has 76 valence electrons. The Kier molecular flexibility index (Phi) is 3.65. The third-order valence-corrected chi connectivity index (χ3v) is 2.16. The molecule has 0 bridgehead atoms. The Labute approximate surface area is 84.0 Å². The summed E-state index contributed by atoms with van der Waals surface area (Å²) in [5.41, 5.74) is 1.38. The Morgan fingerprint density at radius 2 is 2.14 bits per heavy atom. The second kappa shape index (κ2) is 4.77. The van der Waals surface area contributed by atoms with Crippen molar-refractivity contribution in [3.8, 4) is 0 Å². The molecule has 1 unspecified atom stereocenters. The molecule has 0 fully saturated rings. The van der Waals surface area contributed by atoms with Crippen LogP contribution in [-0.4, -0.2) is 24.2 Å². The van der Waals surface area contributed by atoms with Gasteiger partial charge in [-0.05, 0) is 26.0 Å². The first-order valence-corrected chi connectivity index (χ1v) is 4.69. The van der Waals surface area contributed by atoms with Gasteiger partial charge in [0.1, 0.15) is 6.23 Å². The zero-order valence-electron chi connectivity index (χ0n) is 8.47. The minimum Gasteiger partial charge on any atom is -0.374 e. The number of aliphatic hydroxyl groups is 1. The second-order valence-electron chi connectivity index (χ2n) is 3.09. The van der Waals surface area contributed by atoms with E-state index in [4.69, 9.17) is 0 Å². The van der Waals surface area contributed by atoms with Crippen molar-refractivity contribution >= 4 is 12.0 Å². The Hall–Kier alpha value is -1.35. The van der Waals surface area contributed by atoms with Gasteiger partial charge in [-0.25, -0.2) is 0 Å². The quantitative estimate of drug-likeness (QED) is 0.584. The average Bonchev–Trinajstić information content (AvgIpc) is 2.19. The summed E-state index contributed by atoms with van der Waals surface area (Å²) in [4.78, 5) is 12.5. The number of aliphatic hydroxyl groups excluding tert-OH is 1. The van der Waals surface area contributed by atoms with E-state index in [9.17, 15) is 9.90 Å². The summed E-state index contributed by atoms with van der Waals surface area (Å²) < 4.78 is 0. The van der Waals surface area contributed by atoms with Gasteiger partial charge in [-0.2, -0.15) is 0 Å². The smallest absolute Gasteiger partial charge is 0.152 e. The van der Waals surface area contributed by atoms with Gasteiger partial charge in [0.25, 0.3) is 0 Å². The van der Waals surface area contributed by atoms with Crippen LogP contribution in [-0.2, 0) is 0 Å². The number of carbonyl (C=O) groups excluding carboxylic acids is 1. The number of hydrogen-bond acceptors (Lipinski definition) is 3. The lowest BCUT2D eigenvalue weighted by molar-refractivity contribution is 0.112. The molecule has 0 aromatic heterocycles. The lowest BCUT2D eigenvalue weighted by Gasteiger charge is -2.27. The fraction of sp³-hybridized carbons (Fsp3) is 0.364. The molecule has 0 spiro atoms. The van der Waals surface area contributed by atoms with E-state index in [0.29, 0.717) is 12.1 Å². The zero-order chi connectivity index (χ0) is 10.6. The van der Waals surface area contributed by atoms with Crippen molar-refractivity contribution in [1.29, 1.82) is 0 Å². The van der Waals surface area contributed by atoms with Gasteiger partial charge in [-0.3, -0.25) is 4.79 Å². The van der Waals surface area contributed by atoms with E-state index < -0.39 is 6.23 Å². The number of para-hydroxylation sites is 1.